The molecule has 3 rings (SSSR count). The Bertz CT molecular complexity index is 825. The van der Waals surface area contributed by atoms with Crippen LogP contribution in [-0.2, 0) is 13.5 Å². The maximum atomic E-state index is 12.4. The van der Waals surface area contributed by atoms with Crippen LogP contribution in [0.1, 0.15) is 15.4 Å². The Labute approximate surface area is 144 Å². The van der Waals surface area contributed by atoms with E-state index in [1.165, 1.54) is 4.88 Å². The summed E-state index contributed by atoms with van der Waals surface area (Å²) < 4.78 is 6.84. The summed E-state index contributed by atoms with van der Waals surface area (Å²) in [6.07, 6.45) is 0.837. The topological polar surface area (TPSA) is 56.1 Å². The molecule has 124 valence electrons. The molecule has 0 radical (unpaired) electrons. The molecule has 1 amide bonds. The van der Waals surface area contributed by atoms with Crippen molar-refractivity contribution in [3.8, 4) is 17.0 Å². The summed E-state index contributed by atoms with van der Waals surface area (Å²) in [6.45, 7) is 0.610. The molecule has 6 heteroatoms. The normalized spacial score (nSPS) is 10.6. The molecule has 2 aromatic heterocycles. The van der Waals surface area contributed by atoms with Crippen molar-refractivity contribution < 1.29 is 9.53 Å². The molecule has 0 saturated heterocycles. The number of aromatic nitrogens is 2. The second-order valence-electron chi connectivity index (χ2n) is 5.36. The van der Waals surface area contributed by atoms with E-state index in [9.17, 15) is 4.79 Å². The lowest BCUT2D eigenvalue weighted by atomic mass is 10.1. The Hall–Kier alpha value is -2.60. The third-order valence-corrected chi connectivity index (χ3v) is 4.65. The van der Waals surface area contributed by atoms with Gasteiger partial charge in [-0.05, 0) is 36.1 Å². The van der Waals surface area contributed by atoms with Crippen molar-refractivity contribution in [3.05, 3.63) is 58.4 Å². The van der Waals surface area contributed by atoms with Crippen LogP contribution < -0.4 is 10.1 Å². The summed E-state index contributed by atoms with van der Waals surface area (Å²) in [5.74, 6) is 0.649. The zero-order valence-corrected chi connectivity index (χ0v) is 14.5. The van der Waals surface area contributed by atoms with Gasteiger partial charge in [0.2, 0.25) is 0 Å². The van der Waals surface area contributed by atoms with Gasteiger partial charge in [-0.1, -0.05) is 18.2 Å². The van der Waals surface area contributed by atoms with E-state index in [2.05, 4.69) is 16.5 Å². The van der Waals surface area contributed by atoms with Crippen molar-refractivity contribution >= 4 is 17.2 Å². The average Bonchev–Trinajstić information content (AvgIpc) is 3.24. The fraction of sp³-hybridized carbons (Fsp3) is 0.222. The first-order valence-electron chi connectivity index (χ1n) is 7.66. The molecule has 2 heterocycles. The number of hydrogen-bond acceptors (Lipinski definition) is 4. The van der Waals surface area contributed by atoms with Crippen LogP contribution in [0.5, 0.6) is 5.75 Å². The Morgan fingerprint density at radius 1 is 1.29 bits per heavy atom. The molecule has 0 aliphatic rings. The highest BCUT2D eigenvalue weighted by molar-refractivity contribution is 7.09. The molecule has 0 bridgehead atoms. The van der Waals surface area contributed by atoms with Crippen LogP contribution in [0.4, 0.5) is 0 Å². The van der Waals surface area contributed by atoms with E-state index in [1.807, 2.05) is 35.7 Å². The second kappa shape index (κ2) is 7.31. The van der Waals surface area contributed by atoms with E-state index in [1.54, 1.807) is 36.2 Å². The van der Waals surface area contributed by atoms with Crippen LogP contribution in [0.15, 0.2) is 47.8 Å². The molecular weight excluding hydrogens is 322 g/mol. The average molecular weight is 341 g/mol. The van der Waals surface area contributed by atoms with Crippen LogP contribution in [0.25, 0.3) is 11.3 Å². The molecule has 5 nitrogen and oxygen atoms in total. The molecule has 3 aromatic rings. The zero-order valence-electron chi connectivity index (χ0n) is 13.7. The van der Waals surface area contributed by atoms with Gasteiger partial charge in [0.15, 0.2) is 0 Å². The van der Waals surface area contributed by atoms with Gasteiger partial charge in [-0.3, -0.25) is 9.48 Å². The van der Waals surface area contributed by atoms with Crippen LogP contribution >= 0.6 is 11.3 Å². The Morgan fingerprint density at radius 3 is 2.92 bits per heavy atom. The molecule has 1 aromatic carbocycles. The standard InChI is InChI=1S/C18H19N3O2S/c1-21-17(18(22)19-9-8-15-7-4-10-24-15)12-16(20-21)13-5-3-6-14(11-13)23-2/h3-7,10-12H,8-9H2,1-2H3,(H,19,22). The van der Waals surface area contributed by atoms with Gasteiger partial charge < -0.3 is 10.1 Å². The number of carbonyl (C=O) groups excluding carboxylic acids is 1. The largest absolute Gasteiger partial charge is 0.497 e. The number of hydrogen-bond donors (Lipinski definition) is 1. The van der Waals surface area contributed by atoms with Gasteiger partial charge >= 0.3 is 0 Å². The number of carbonyl (C=O) groups is 1. The van der Waals surface area contributed by atoms with Gasteiger partial charge in [-0.2, -0.15) is 5.10 Å². The number of amides is 1. The highest BCUT2D eigenvalue weighted by Gasteiger charge is 2.14. The summed E-state index contributed by atoms with van der Waals surface area (Å²) in [5.41, 5.74) is 2.21. The molecule has 0 unspecified atom stereocenters. The van der Waals surface area contributed by atoms with E-state index >= 15 is 0 Å². The second-order valence-corrected chi connectivity index (χ2v) is 6.39. The quantitative estimate of drug-likeness (QED) is 0.749. The molecular formula is C18H19N3O2S. The van der Waals surface area contributed by atoms with E-state index in [0.29, 0.717) is 12.2 Å². The first-order valence-corrected chi connectivity index (χ1v) is 8.54. The summed E-state index contributed by atoms with van der Waals surface area (Å²) in [5, 5.41) is 9.43. The predicted octanol–water partition coefficient (Wildman–Crippen LogP) is 3.13. The van der Waals surface area contributed by atoms with Crippen LogP contribution in [-0.4, -0.2) is 29.3 Å². The number of nitrogens with one attached hydrogen (secondary N) is 1. The molecule has 0 aliphatic heterocycles. The van der Waals surface area contributed by atoms with Crippen molar-refractivity contribution in [3.63, 3.8) is 0 Å². The molecule has 24 heavy (non-hydrogen) atoms. The van der Waals surface area contributed by atoms with Gasteiger partial charge in [-0.25, -0.2) is 0 Å². The minimum Gasteiger partial charge on any atom is -0.497 e. The summed E-state index contributed by atoms with van der Waals surface area (Å²) in [4.78, 5) is 13.6. The molecule has 0 fully saturated rings. The summed E-state index contributed by atoms with van der Waals surface area (Å²) in [6, 6.07) is 13.5. The monoisotopic (exact) mass is 341 g/mol. The summed E-state index contributed by atoms with van der Waals surface area (Å²) in [7, 11) is 3.40. The van der Waals surface area contributed by atoms with Gasteiger partial charge in [0.1, 0.15) is 11.4 Å². The maximum Gasteiger partial charge on any atom is 0.269 e. The Morgan fingerprint density at radius 2 is 2.17 bits per heavy atom. The Kier molecular flexibility index (Phi) is 4.96. The van der Waals surface area contributed by atoms with Gasteiger partial charge in [0.05, 0.1) is 12.8 Å². The third kappa shape index (κ3) is 3.65. The van der Waals surface area contributed by atoms with Gasteiger partial charge in [0.25, 0.3) is 5.91 Å². The van der Waals surface area contributed by atoms with Crippen molar-refractivity contribution in [2.75, 3.05) is 13.7 Å². The molecule has 0 aliphatic carbocycles. The van der Waals surface area contributed by atoms with Gasteiger partial charge in [0, 0.05) is 24.0 Å². The number of aryl methyl sites for hydroxylation is 1. The number of nitrogens with zero attached hydrogens (tertiary/aromatic N) is 2. The first-order chi connectivity index (χ1) is 11.7. The minimum absolute atomic E-state index is 0.115. The first kappa shape index (κ1) is 16.3. The fourth-order valence-corrected chi connectivity index (χ4v) is 3.16. The lowest BCUT2D eigenvalue weighted by Crippen LogP contribution is -2.27. The summed E-state index contributed by atoms with van der Waals surface area (Å²) >= 11 is 1.70. The van der Waals surface area contributed by atoms with E-state index in [4.69, 9.17) is 4.74 Å². The van der Waals surface area contributed by atoms with Crippen LogP contribution in [0.3, 0.4) is 0 Å². The van der Waals surface area contributed by atoms with E-state index < -0.39 is 0 Å². The number of thiophene rings is 1. The zero-order chi connectivity index (χ0) is 16.9. The van der Waals surface area contributed by atoms with Crippen LogP contribution in [0.2, 0.25) is 0 Å². The lowest BCUT2D eigenvalue weighted by Gasteiger charge is -2.03. The van der Waals surface area contributed by atoms with Crippen LogP contribution in [0, 0.1) is 0 Å². The molecule has 0 spiro atoms. The highest BCUT2D eigenvalue weighted by atomic mass is 32.1. The van der Waals surface area contributed by atoms with Gasteiger partial charge in [-0.15, -0.1) is 11.3 Å². The van der Waals surface area contributed by atoms with E-state index in [-0.39, 0.29) is 5.91 Å². The number of benzene rings is 1. The molecule has 0 saturated carbocycles. The number of ether oxygens (including phenoxy) is 1. The Balaban J connectivity index is 1.69. The lowest BCUT2D eigenvalue weighted by molar-refractivity contribution is 0.0945. The third-order valence-electron chi connectivity index (χ3n) is 3.72. The SMILES string of the molecule is COc1cccc(-c2cc(C(=O)NCCc3cccs3)n(C)n2)c1. The number of rotatable bonds is 6. The van der Waals surface area contributed by atoms with Crippen molar-refractivity contribution in [1.29, 1.82) is 0 Å². The molecule has 1 N–H and O–H groups in total. The molecule has 0 atom stereocenters. The smallest absolute Gasteiger partial charge is 0.269 e. The van der Waals surface area contributed by atoms with Crippen molar-refractivity contribution in [2.24, 2.45) is 7.05 Å². The predicted molar refractivity (Wildman–Crippen MR) is 95.6 cm³/mol. The van der Waals surface area contributed by atoms with Crippen molar-refractivity contribution in [2.45, 2.75) is 6.42 Å². The fourth-order valence-electron chi connectivity index (χ4n) is 2.45. The minimum atomic E-state index is -0.115. The highest BCUT2D eigenvalue weighted by Crippen LogP contribution is 2.23. The number of methoxy groups -OCH3 is 1. The van der Waals surface area contributed by atoms with Crippen molar-refractivity contribution in [1.82, 2.24) is 15.1 Å². The van der Waals surface area contributed by atoms with E-state index in [0.717, 1.165) is 23.4 Å². The maximum absolute atomic E-state index is 12.4.